The molecular formula is C20H31N. The molecule has 2 aromatic rings. The van der Waals surface area contributed by atoms with Gasteiger partial charge < -0.3 is 0 Å². The minimum Gasteiger partial charge on any atom is -0.253 e. The molecule has 0 saturated carbocycles. The van der Waals surface area contributed by atoms with E-state index in [0.29, 0.717) is 0 Å². The SMILES string of the molecule is CCCCCCCCCC.Cc1ccc2ccccc2n1. The fourth-order valence-corrected chi connectivity index (χ4v) is 2.38. The van der Waals surface area contributed by atoms with Crippen molar-refractivity contribution in [3.05, 3.63) is 42.1 Å². The summed E-state index contributed by atoms with van der Waals surface area (Å²) in [4.78, 5) is 4.38. The lowest BCUT2D eigenvalue weighted by Crippen LogP contribution is -1.80. The van der Waals surface area contributed by atoms with E-state index in [4.69, 9.17) is 0 Å². The summed E-state index contributed by atoms with van der Waals surface area (Å²) in [6, 6.07) is 12.3. The van der Waals surface area contributed by atoms with Crippen molar-refractivity contribution in [3.63, 3.8) is 0 Å². The second kappa shape index (κ2) is 11.3. The summed E-state index contributed by atoms with van der Waals surface area (Å²) in [5.41, 5.74) is 2.15. The molecule has 1 aromatic carbocycles. The molecule has 0 saturated heterocycles. The fourth-order valence-electron chi connectivity index (χ4n) is 2.38. The minimum atomic E-state index is 1.07. The molecule has 0 fully saturated rings. The molecule has 21 heavy (non-hydrogen) atoms. The largest absolute Gasteiger partial charge is 0.253 e. The van der Waals surface area contributed by atoms with Crippen molar-refractivity contribution in [1.29, 1.82) is 0 Å². The van der Waals surface area contributed by atoms with Crippen molar-refractivity contribution in [3.8, 4) is 0 Å². The lowest BCUT2D eigenvalue weighted by molar-refractivity contribution is 0.585. The highest BCUT2D eigenvalue weighted by molar-refractivity contribution is 5.78. The summed E-state index contributed by atoms with van der Waals surface area (Å²) in [6.45, 7) is 6.55. The molecule has 0 unspecified atom stereocenters. The van der Waals surface area contributed by atoms with Crippen LogP contribution in [0.15, 0.2) is 36.4 Å². The smallest absolute Gasteiger partial charge is 0.0705 e. The third-order valence-corrected chi connectivity index (χ3v) is 3.69. The molecular weight excluding hydrogens is 254 g/mol. The standard InChI is InChI=1S/C10H9N.C10H22/c1-8-6-7-9-4-2-3-5-10(9)11-8;1-3-5-7-9-10-8-6-4-2/h2-7H,1H3;3-10H2,1-2H3. The van der Waals surface area contributed by atoms with E-state index in [9.17, 15) is 0 Å². The predicted octanol–water partition coefficient (Wildman–Crippen LogP) is 6.69. The van der Waals surface area contributed by atoms with Crippen molar-refractivity contribution in [1.82, 2.24) is 4.98 Å². The van der Waals surface area contributed by atoms with E-state index in [0.717, 1.165) is 11.2 Å². The molecule has 0 bridgehead atoms. The van der Waals surface area contributed by atoms with Crippen LogP contribution in [-0.4, -0.2) is 4.98 Å². The van der Waals surface area contributed by atoms with E-state index in [1.807, 2.05) is 31.2 Å². The van der Waals surface area contributed by atoms with E-state index in [2.05, 4.69) is 31.0 Å². The zero-order chi connectivity index (χ0) is 15.3. The number of aryl methyl sites for hydroxylation is 1. The van der Waals surface area contributed by atoms with Crippen LogP contribution in [0.3, 0.4) is 0 Å². The van der Waals surface area contributed by atoms with E-state index in [-0.39, 0.29) is 0 Å². The first-order valence-corrected chi connectivity index (χ1v) is 8.60. The zero-order valence-electron chi connectivity index (χ0n) is 14.1. The van der Waals surface area contributed by atoms with Gasteiger partial charge in [-0.1, -0.05) is 89.5 Å². The van der Waals surface area contributed by atoms with Crippen LogP contribution >= 0.6 is 0 Å². The van der Waals surface area contributed by atoms with Gasteiger partial charge in [-0.15, -0.1) is 0 Å². The molecule has 2 rings (SSSR count). The van der Waals surface area contributed by atoms with Gasteiger partial charge in [-0.3, -0.25) is 4.98 Å². The van der Waals surface area contributed by atoms with Crippen LogP contribution in [-0.2, 0) is 0 Å². The van der Waals surface area contributed by atoms with Gasteiger partial charge in [0, 0.05) is 11.1 Å². The molecule has 1 heterocycles. The number of pyridine rings is 1. The maximum atomic E-state index is 4.38. The first kappa shape index (κ1) is 17.7. The third kappa shape index (κ3) is 7.84. The summed E-state index contributed by atoms with van der Waals surface area (Å²) < 4.78 is 0. The Morgan fingerprint density at radius 3 is 1.90 bits per heavy atom. The minimum absolute atomic E-state index is 1.07. The molecule has 0 atom stereocenters. The topological polar surface area (TPSA) is 12.9 Å². The van der Waals surface area contributed by atoms with Gasteiger partial charge >= 0.3 is 0 Å². The van der Waals surface area contributed by atoms with Crippen molar-refractivity contribution in [2.24, 2.45) is 0 Å². The normalized spacial score (nSPS) is 10.2. The number of para-hydroxylation sites is 1. The van der Waals surface area contributed by atoms with Crippen LogP contribution in [0.5, 0.6) is 0 Å². The van der Waals surface area contributed by atoms with E-state index in [1.165, 1.54) is 56.8 Å². The van der Waals surface area contributed by atoms with Gasteiger partial charge in [-0.05, 0) is 19.1 Å². The van der Waals surface area contributed by atoms with Crippen molar-refractivity contribution in [2.75, 3.05) is 0 Å². The molecule has 0 radical (unpaired) electrons. The number of rotatable bonds is 7. The van der Waals surface area contributed by atoms with Crippen molar-refractivity contribution < 1.29 is 0 Å². The fraction of sp³-hybridized carbons (Fsp3) is 0.550. The Morgan fingerprint density at radius 2 is 1.29 bits per heavy atom. The number of benzene rings is 1. The number of fused-ring (bicyclic) bond motifs is 1. The van der Waals surface area contributed by atoms with Crippen LogP contribution in [0, 0.1) is 6.92 Å². The second-order valence-corrected chi connectivity index (χ2v) is 5.77. The number of hydrogen-bond acceptors (Lipinski definition) is 1. The number of hydrogen-bond donors (Lipinski definition) is 0. The Labute approximate surface area is 130 Å². The highest BCUT2D eigenvalue weighted by Gasteiger charge is 1.91. The average molecular weight is 285 g/mol. The van der Waals surface area contributed by atoms with Gasteiger partial charge in [0.2, 0.25) is 0 Å². The van der Waals surface area contributed by atoms with Gasteiger partial charge in [0.15, 0.2) is 0 Å². The van der Waals surface area contributed by atoms with Gasteiger partial charge in [0.1, 0.15) is 0 Å². The lowest BCUT2D eigenvalue weighted by atomic mass is 10.1. The molecule has 0 N–H and O–H groups in total. The summed E-state index contributed by atoms with van der Waals surface area (Å²) in [7, 11) is 0. The lowest BCUT2D eigenvalue weighted by Gasteiger charge is -1.97. The molecule has 116 valence electrons. The van der Waals surface area contributed by atoms with Gasteiger partial charge in [0.05, 0.1) is 5.52 Å². The average Bonchev–Trinajstić information content (AvgIpc) is 2.51. The monoisotopic (exact) mass is 285 g/mol. The Balaban J connectivity index is 0.000000212. The third-order valence-electron chi connectivity index (χ3n) is 3.69. The first-order valence-electron chi connectivity index (χ1n) is 8.60. The van der Waals surface area contributed by atoms with Crippen molar-refractivity contribution >= 4 is 10.9 Å². The molecule has 0 aliphatic heterocycles. The zero-order valence-corrected chi connectivity index (χ0v) is 14.1. The second-order valence-electron chi connectivity index (χ2n) is 5.77. The molecule has 1 nitrogen and oxygen atoms in total. The predicted molar refractivity (Wildman–Crippen MR) is 94.8 cm³/mol. The van der Waals surface area contributed by atoms with Crippen LogP contribution in [0.4, 0.5) is 0 Å². The summed E-state index contributed by atoms with van der Waals surface area (Å²) >= 11 is 0. The Morgan fingerprint density at radius 1 is 0.714 bits per heavy atom. The molecule has 0 aliphatic rings. The van der Waals surface area contributed by atoms with E-state index in [1.54, 1.807) is 0 Å². The Bertz CT molecular complexity index is 482. The number of aromatic nitrogens is 1. The highest BCUT2D eigenvalue weighted by atomic mass is 14.7. The molecule has 1 heteroatoms. The van der Waals surface area contributed by atoms with Crippen LogP contribution in [0.25, 0.3) is 10.9 Å². The quantitative estimate of drug-likeness (QED) is 0.516. The molecule has 0 spiro atoms. The van der Waals surface area contributed by atoms with Gasteiger partial charge in [-0.25, -0.2) is 0 Å². The van der Waals surface area contributed by atoms with Crippen molar-refractivity contribution in [2.45, 2.75) is 72.1 Å². The van der Waals surface area contributed by atoms with E-state index < -0.39 is 0 Å². The first-order chi connectivity index (χ1) is 10.3. The summed E-state index contributed by atoms with van der Waals surface area (Å²) in [6.07, 6.45) is 11.5. The molecule has 0 aliphatic carbocycles. The van der Waals surface area contributed by atoms with Crippen LogP contribution in [0.2, 0.25) is 0 Å². The Kier molecular flexibility index (Phi) is 9.52. The van der Waals surface area contributed by atoms with Crippen LogP contribution in [0.1, 0.15) is 70.9 Å². The summed E-state index contributed by atoms with van der Waals surface area (Å²) in [5.74, 6) is 0. The van der Waals surface area contributed by atoms with Gasteiger partial charge in [-0.2, -0.15) is 0 Å². The number of nitrogens with zero attached hydrogens (tertiary/aromatic N) is 1. The van der Waals surface area contributed by atoms with Gasteiger partial charge in [0.25, 0.3) is 0 Å². The van der Waals surface area contributed by atoms with Crippen LogP contribution < -0.4 is 0 Å². The summed E-state index contributed by atoms with van der Waals surface area (Å²) in [5, 5.41) is 1.21. The molecule has 1 aromatic heterocycles. The maximum Gasteiger partial charge on any atom is 0.0705 e. The van der Waals surface area contributed by atoms with E-state index >= 15 is 0 Å². The number of unbranched alkanes of at least 4 members (excludes halogenated alkanes) is 7. The maximum absolute atomic E-state index is 4.38. The Hall–Kier alpha value is -1.37. The molecule has 0 amide bonds. The highest BCUT2D eigenvalue weighted by Crippen LogP contribution is 2.10.